The van der Waals surface area contributed by atoms with Gasteiger partial charge in [0.15, 0.2) is 0 Å². The highest BCUT2D eigenvalue weighted by Crippen LogP contribution is 2.18. The molecule has 0 fully saturated rings. The number of esters is 1. The van der Waals surface area contributed by atoms with Crippen molar-refractivity contribution in [3.8, 4) is 0 Å². The molecule has 1 unspecified atom stereocenters. The van der Waals surface area contributed by atoms with Gasteiger partial charge in [0.05, 0.1) is 12.5 Å². The molecule has 0 amide bonds. The van der Waals surface area contributed by atoms with Crippen molar-refractivity contribution in [3.63, 3.8) is 0 Å². The van der Waals surface area contributed by atoms with Crippen LogP contribution in [0, 0.1) is 5.92 Å². The van der Waals surface area contributed by atoms with Gasteiger partial charge >= 0.3 is 5.97 Å². The van der Waals surface area contributed by atoms with E-state index in [4.69, 9.17) is 4.74 Å². The van der Waals surface area contributed by atoms with E-state index in [2.05, 4.69) is 25.2 Å². The molecule has 2 nitrogen and oxygen atoms in total. The van der Waals surface area contributed by atoms with Crippen LogP contribution in [0.25, 0.3) is 0 Å². The van der Waals surface area contributed by atoms with Crippen LogP contribution in [0.15, 0.2) is 24.3 Å². The predicted octanol–water partition coefficient (Wildman–Crippen LogP) is 6.36. The Hall–Kier alpha value is -1.05. The molecule has 0 radical (unpaired) electrons. The minimum Gasteiger partial charge on any atom is -0.465 e. The highest BCUT2D eigenvalue weighted by Gasteiger charge is 2.18. The number of hydrogen-bond acceptors (Lipinski definition) is 2. The molecule has 0 saturated heterocycles. The lowest BCUT2D eigenvalue weighted by Crippen LogP contribution is -2.14. The first kappa shape index (κ1) is 20.0. The molecule has 0 saturated carbocycles. The van der Waals surface area contributed by atoms with Crippen molar-refractivity contribution in [1.82, 2.24) is 0 Å². The Bertz CT molecular complexity index is 344. The van der Waals surface area contributed by atoms with Crippen molar-refractivity contribution in [2.45, 2.75) is 90.4 Å². The lowest BCUT2D eigenvalue weighted by Gasteiger charge is -2.08. The molecule has 2 heteroatoms. The summed E-state index contributed by atoms with van der Waals surface area (Å²) in [7, 11) is 0. The monoisotopic (exact) mass is 320 g/mol. The van der Waals surface area contributed by atoms with Gasteiger partial charge in [-0.25, -0.2) is 0 Å². The van der Waals surface area contributed by atoms with Crippen LogP contribution in [0.3, 0.4) is 0 Å². The third-order valence-electron chi connectivity index (χ3n) is 4.47. The number of unbranched alkanes of at least 4 members (excludes halogenated alkanes) is 9. The minimum atomic E-state index is -0.0300. The molecule has 0 N–H and O–H groups in total. The lowest BCUT2D eigenvalue weighted by atomic mass is 10.1. The number of carbonyl (C=O) groups excluding carboxylic acids is 1. The smallest absolute Gasteiger partial charge is 0.312 e. The zero-order valence-electron chi connectivity index (χ0n) is 15.1. The van der Waals surface area contributed by atoms with Gasteiger partial charge in [-0.05, 0) is 51.4 Å². The topological polar surface area (TPSA) is 26.3 Å². The van der Waals surface area contributed by atoms with Crippen LogP contribution in [0.4, 0.5) is 0 Å². The summed E-state index contributed by atoms with van der Waals surface area (Å²) in [6, 6.07) is 0. The number of rotatable bonds is 14. The fourth-order valence-corrected chi connectivity index (χ4v) is 2.93. The molecule has 1 rings (SSSR count). The zero-order valence-corrected chi connectivity index (χ0v) is 15.1. The van der Waals surface area contributed by atoms with Crippen LogP contribution in [0.1, 0.15) is 90.4 Å². The average Bonchev–Trinajstić information content (AvgIpc) is 3.09. The second-order valence-electron chi connectivity index (χ2n) is 6.66. The van der Waals surface area contributed by atoms with Gasteiger partial charge in [0.1, 0.15) is 0 Å². The van der Waals surface area contributed by atoms with Crippen molar-refractivity contribution < 1.29 is 9.53 Å². The molecule has 23 heavy (non-hydrogen) atoms. The fourth-order valence-electron chi connectivity index (χ4n) is 2.93. The van der Waals surface area contributed by atoms with Crippen LogP contribution in [-0.4, -0.2) is 12.6 Å². The van der Waals surface area contributed by atoms with E-state index in [9.17, 15) is 4.79 Å². The summed E-state index contributed by atoms with van der Waals surface area (Å²) in [6.07, 6.45) is 24.7. The highest BCUT2D eigenvalue weighted by atomic mass is 16.5. The summed E-state index contributed by atoms with van der Waals surface area (Å²) in [5.41, 5.74) is 0. The maximum Gasteiger partial charge on any atom is 0.312 e. The van der Waals surface area contributed by atoms with Crippen LogP contribution in [-0.2, 0) is 9.53 Å². The van der Waals surface area contributed by atoms with Crippen LogP contribution in [0.2, 0.25) is 0 Å². The molecule has 0 aliphatic heterocycles. The van der Waals surface area contributed by atoms with Crippen molar-refractivity contribution >= 4 is 5.97 Å². The number of ether oxygens (including phenoxy) is 1. The lowest BCUT2D eigenvalue weighted by molar-refractivity contribution is -0.146. The quantitative estimate of drug-likeness (QED) is 0.211. The van der Waals surface area contributed by atoms with Gasteiger partial charge in [-0.3, -0.25) is 4.79 Å². The predicted molar refractivity (Wildman–Crippen MR) is 98.4 cm³/mol. The molecule has 0 aromatic carbocycles. The van der Waals surface area contributed by atoms with E-state index in [1.807, 2.05) is 6.08 Å². The Balaban J connectivity index is 1.79. The van der Waals surface area contributed by atoms with E-state index < -0.39 is 0 Å². The third-order valence-corrected chi connectivity index (χ3v) is 4.47. The summed E-state index contributed by atoms with van der Waals surface area (Å²) in [5.74, 6) is -0.00233. The first-order valence-corrected chi connectivity index (χ1v) is 9.83. The van der Waals surface area contributed by atoms with E-state index in [-0.39, 0.29) is 11.9 Å². The SMILES string of the molecule is CCCCCCCCC=CCCCCCOC(=O)C1C=CCC1. The van der Waals surface area contributed by atoms with Gasteiger partial charge in [0.25, 0.3) is 0 Å². The van der Waals surface area contributed by atoms with E-state index in [1.54, 1.807) is 0 Å². The highest BCUT2D eigenvalue weighted by molar-refractivity contribution is 5.74. The molecule has 0 spiro atoms. The third kappa shape index (κ3) is 11.2. The zero-order chi connectivity index (χ0) is 16.6. The van der Waals surface area contributed by atoms with Crippen LogP contribution in [0.5, 0.6) is 0 Å². The molecule has 1 aliphatic carbocycles. The van der Waals surface area contributed by atoms with Gasteiger partial charge in [0.2, 0.25) is 0 Å². The number of hydrogen-bond donors (Lipinski definition) is 0. The van der Waals surface area contributed by atoms with Crippen molar-refractivity contribution in [3.05, 3.63) is 24.3 Å². The van der Waals surface area contributed by atoms with Gasteiger partial charge in [-0.1, -0.05) is 63.3 Å². The standard InChI is InChI=1S/C21H36O2/c1-2-3-4-5-6-7-8-9-10-11-12-13-16-19-23-21(22)20-17-14-15-18-20/h9-10,14,17,20H,2-8,11-13,15-16,18-19H2,1H3. The van der Waals surface area contributed by atoms with Crippen molar-refractivity contribution in [1.29, 1.82) is 0 Å². The molecule has 1 atom stereocenters. The van der Waals surface area contributed by atoms with Gasteiger partial charge in [0, 0.05) is 0 Å². The molecule has 0 bridgehead atoms. The Morgan fingerprint density at radius 3 is 2.30 bits per heavy atom. The van der Waals surface area contributed by atoms with Gasteiger partial charge in [-0.2, -0.15) is 0 Å². The van der Waals surface area contributed by atoms with Gasteiger partial charge in [-0.15, -0.1) is 0 Å². The van der Waals surface area contributed by atoms with Crippen molar-refractivity contribution in [2.24, 2.45) is 5.92 Å². The van der Waals surface area contributed by atoms with Crippen LogP contribution >= 0.6 is 0 Å². The largest absolute Gasteiger partial charge is 0.465 e. The van der Waals surface area contributed by atoms with E-state index in [1.165, 1.54) is 51.4 Å². The molecule has 0 aromatic rings. The van der Waals surface area contributed by atoms with Crippen molar-refractivity contribution in [2.75, 3.05) is 6.61 Å². The number of allylic oxidation sites excluding steroid dienone is 3. The Kier molecular flexibility index (Phi) is 12.6. The van der Waals surface area contributed by atoms with Crippen LogP contribution < -0.4 is 0 Å². The Labute approximate surface area is 143 Å². The van der Waals surface area contributed by atoms with E-state index in [0.717, 1.165) is 32.1 Å². The second-order valence-corrected chi connectivity index (χ2v) is 6.66. The first-order valence-electron chi connectivity index (χ1n) is 9.83. The molecule has 0 aromatic heterocycles. The minimum absolute atomic E-state index is 0.0277. The first-order chi connectivity index (χ1) is 11.3. The summed E-state index contributed by atoms with van der Waals surface area (Å²) in [4.78, 5) is 11.7. The maximum absolute atomic E-state index is 11.7. The summed E-state index contributed by atoms with van der Waals surface area (Å²) in [5, 5.41) is 0. The Morgan fingerprint density at radius 2 is 1.65 bits per heavy atom. The van der Waals surface area contributed by atoms with Gasteiger partial charge < -0.3 is 4.74 Å². The summed E-state index contributed by atoms with van der Waals surface area (Å²) < 4.78 is 5.32. The second kappa shape index (κ2) is 14.5. The Morgan fingerprint density at radius 1 is 1.00 bits per heavy atom. The molecule has 1 aliphatic rings. The summed E-state index contributed by atoms with van der Waals surface area (Å²) >= 11 is 0. The molecular weight excluding hydrogens is 284 g/mol. The molecular formula is C21H36O2. The summed E-state index contributed by atoms with van der Waals surface area (Å²) in [6.45, 7) is 2.85. The maximum atomic E-state index is 11.7. The van der Waals surface area contributed by atoms with E-state index >= 15 is 0 Å². The fraction of sp³-hybridized carbons (Fsp3) is 0.762. The molecule has 132 valence electrons. The number of carbonyl (C=O) groups is 1. The van der Waals surface area contributed by atoms with E-state index in [0.29, 0.717) is 6.61 Å². The molecule has 0 heterocycles. The normalized spacial score (nSPS) is 17.2. The average molecular weight is 321 g/mol.